The van der Waals surface area contributed by atoms with E-state index in [2.05, 4.69) is 51.6 Å². The molecule has 0 spiro atoms. The van der Waals surface area contributed by atoms with Crippen LogP contribution in [0.15, 0.2) is 66.7 Å². The molecule has 1 aliphatic heterocycles. The highest BCUT2D eigenvalue weighted by molar-refractivity contribution is 6.32. The lowest BCUT2D eigenvalue weighted by Crippen LogP contribution is -2.34. The molecule has 7 heteroatoms. The average molecular weight is 447 g/mol. The van der Waals surface area contributed by atoms with Crippen LogP contribution < -0.4 is 10.2 Å². The number of aromatic nitrogens is 1. The van der Waals surface area contributed by atoms with E-state index in [1.165, 1.54) is 16.5 Å². The van der Waals surface area contributed by atoms with E-state index in [0.717, 1.165) is 29.0 Å². The first kappa shape index (κ1) is 20.5. The Hall–Kier alpha value is -3.35. The predicted molar refractivity (Wildman–Crippen MR) is 129 cm³/mol. The number of H-pyrrole nitrogens is 1. The number of nitro groups is 1. The smallest absolute Gasteiger partial charge is 0.288 e. The maximum atomic E-state index is 11.4. The van der Waals surface area contributed by atoms with Crippen molar-refractivity contribution in [2.75, 3.05) is 25.5 Å². The van der Waals surface area contributed by atoms with Crippen molar-refractivity contribution in [3.63, 3.8) is 0 Å². The highest BCUT2D eigenvalue weighted by Gasteiger charge is 2.33. The second-order valence-electron chi connectivity index (χ2n) is 8.35. The number of para-hydroxylation sites is 1. The van der Waals surface area contributed by atoms with Gasteiger partial charge in [-0.1, -0.05) is 48.0 Å². The molecule has 4 aromatic rings. The zero-order valence-corrected chi connectivity index (χ0v) is 18.6. The van der Waals surface area contributed by atoms with E-state index in [0.29, 0.717) is 0 Å². The SMILES string of the molecule is CN(C)c1ccc([C@@H]2CN[C@H](c3ccc(Cl)c([N+](=O)[O-])c3)c3[nH]c4ccccc4c32)cc1. The molecule has 0 amide bonds. The molecule has 5 rings (SSSR count). The molecule has 2 heterocycles. The Morgan fingerprint density at radius 1 is 1.03 bits per heavy atom. The number of nitrogens with zero attached hydrogens (tertiary/aromatic N) is 2. The highest BCUT2D eigenvalue weighted by Crippen LogP contribution is 2.42. The lowest BCUT2D eigenvalue weighted by atomic mass is 9.83. The standard InChI is InChI=1S/C25H23ClN4O2/c1-29(2)17-10-7-15(8-11-17)19-14-27-24(16-9-12-20(26)22(13-16)30(31)32)25-23(19)18-5-3-4-6-21(18)28-25/h3-13,19,24,27-28H,14H2,1-2H3/t19-,24+/m0/s1. The number of halogens is 1. The minimum atomic E-state index is -0.435. The molecular formula is C25H23ClN4O2. The van der Waals surface area contributed by atoms with Crippen LogP contribution in [0.5, 0.6) is 0 Å². The molecule has 0 fully saturated rings. The van der Waals surface area contributed by atoms with Gasteiger partial charge in [-0.2, -0.15) is 0 Å². The van der Waals surface area contributed by atoms with Gasteiger partial charge in [0.1, 0.15) is 5.02 Å². The van der Waals surface area contributed by atoms with E-state index in [9.17, 15) is 10.1 Å². The lowest BCUT2D eigenvalue weighted by Gasteiger charge is -2.31. The molecule has 3 aromatic carbocycles. The fourth-order valence-electron chi connectivity index (χ4n) is 4.65. The first-order chi connectivity index (χ1) is 15.4. The summed E-state index contributed by atoms with van der Waals surface area (Å²) in [6, 6.07) is 21.7. The predicted octanol–water partition coefficient (Wildman–Crippen LogP) is 5.62. The summed E-state index contributed by atoms with van der Waals surface area (Å²) in [4.78, 5) is 16.7. The topological polar surface area (TPSA) is 74.2 Å². The van der Waals surface area contributed by atoms with E-state index in [-0.39, 0.29) is 22.7 Å². The largest absolute Gasteiger partial charge is 0.378 e. The fourth-order valence-corrected chi connectivity index (χ4v) is 4.84. The molecule has 0 saturated carbocycles. The molecule has 32 heavy (non-hydrogen) atoms. The van der Waals surface area contributed by atoms with Crippen molar-refractivity contribution in [2.24, 2.45) is 0 Å². The van der Waals surface area contributed by atoms with Gasteiger partial charge in [0.2, 0.25) is 0 Å². The highest BCUT2D eigenvalue weighted by atomic mass is 35.5. The minimum absolute atomic E-state index is 0.0787. The van der Waals surface area contributed by atoms with Gasteiger partial charge >= 0.3 is 0 Å². The molecule has 0 bridgehead atoms. The number of anilines is 1. The Morgan fingerprint density at radius 2 is 1.75 bits per heavy atom. The second kappa shape index (κ2) is 7.97. The van der Waals surface area contributed by atoms with Crippen molar-refractivity contribution in [3.05, 3.63) is 104 Å². The van der Waals surface area contributed by atoms with Crippen LogP contribution in [0.4, 0.5) is 11.4 Å². The lowest BCUT2D eigenvalue weighted by molar-refractivity contribution is -0.384. The van der Waals surface area contributed by atoms with Gasteiger partial charge < -0.3 is 15.2 Å². The molecule has 1 aliphatic rings. The van der Waals surface area contributed by atoms with Crippen LogP contribution >= 0.6 is 11.6 Å². The summed E-state index contributed by atoms with van der Waals surface area (Å²) in [6.07, 6.45) is 0. The van der Waals surface area contributed by atoms with Crippen molar-refractivity contribution in [3.8, 4) is 0 Å². The van der Waals surface area contributed by atoms with Crippen LogP contribution in [0.3, 0.4) is 0 Å². The Balaban J connectivity index is 1.64. The van der Waals surface area contributed by atoms with Crippen LogP contribution in [0.25, 0.3) is 10.9 Å². The van der Waals surface area contributed by atoms with E-state index in [4.69, 9.17) is 11.6 Å². The van der Waals surface area contributed by atoms with Crippen LogP contribution in [0.1, 0.15) is 34.3 Å². The number of hydrogen-bond donors (Lipinski definition) is 2. The molecule has 0 radical (unpaired) electrons. The van der Waals surface area contributed by atoms with Gasteiger partial charge in [0.05, 0.1) is 11.0 Å². The van der Waals surface area contributed by atoms with E-state index in [1.807, 2.05) is 32.3 Å². The van der Waals surface area contributed by atoms with Crippen LogP contribution in [-0.2, 0) is 0 Å². The first-order valence-corrected chi connectivity index (χ1v) is 10.9. The average Bonchev–Trinajstić information content (AvgIpc) is 3.18. The van der Waals surface area contributed by atoms with Crippen LogP contribution in [-0.4, -0.2) is 30.5 Å². The quantitative estimate of drug-likeness (QED) is 0.315. The van der Waals surface area contributed by atoms with E-state index in [1.54, 1.807) is 12.1 Å². The summed E-state index contributed by atoms with van der Waals surface area (Å²) < 4.78 is 0. The summed E-state index contributed by atoms with van der Waals surface area (Å²) in [6.45, 7) is 0.719. The van der Waals surface area contributed by atoms with Crippen molar-refractivity contribution in [1.82, 2.24) is 10.3 Å². The Kier molecular flexibility index (Phi) is 5.12. The Bertz CT molecular complexity index is 1310. The molecule has 6 nitrogen and oxygen atoms in total. The summed E-state index contributed by atoms with van der Waals surface area (Å²) in [5.41, 5.74) is 6.46. The Labute approximate surface area is 191 Å². The summed E-state index contributed by atoms with van der Waals surface area (Å²) in [7, 11) is 4.07. The third-order valence-electron chi connectivity index (χ3n) is 6.25. The molecule has 0 unspecified atom stereocenters. The number of nitro benzene ring substituents is 1. The normalized spacial score (nSPS) is 17.8. The summed E-state index contributed by atoms with van der Waals surface area (Å²) in [5, 5.41) is 16.4. The Morgan fingerprint density at radius 3 is 2.47 bits per heavy atom. The monoisotopic (exact) mass is 446 g/mol. The van der Waals surface area contributed by atoms with Gasteiger partial charge in [0.25, 0.3) is 5.69 Å². The summed E-state index contributed by atoms with van der Waals surface area (Å²) >= 11 is 6.06. The molecule has 2 N–H and O–H groups in total. The molecule has 1 aromatic heterocycles. The number of fused-ring (bicyclic) bond motifs is 3. The van der Waals surface area contributed by atoms with Gasteiger partial charge in [-0.3, -0.25) is 10.1 Å². The molecule has 162 valence electrons. The van der Waals surface area contributed by atoms with Gasteiger partial charge in [0, 0.05) is 54.9 Å². The maximum absolute atomic E-state index is 11.4. The van der Waals surface area contributed by atoms with Gasteiger partial charge in [0.15, 0.2) is 0 Å². The molecule has 0 saturated heterocycles. The third-order valence-corrected chi connectivity index (χ3v) is 6.57. The van der Waals surface area contributed by atoms with Gasteiger partial charge in [-0.05, 0) is 41.0 Å². The fraction of sp³-hybridized carbons (Fsp3) is 0.200. The van der Waals surface area contributed by atoms with Crippen molar-refractivity contribution < 1.29 is 4.92 Å². The third kappa shape index (κ3) is 3.42. The van der Waals surface area contributed by atoms with Crippen LogP contribution in [0, 0.1) is 10.1 Å². The van der Waals surface area contributed by atoms with Crippen molar-refractivity contribution in [1.29, 1.82) is 0 Å². The number of benzene rings is 3. The van der Waals surface area contributed by atoms with Crippen molar-refractivity contribution in [2.45, 2.75) is 12.0 Å². The zero-order chi connectivity index (χ0) is 22.4. The van der Waals surface area contributed by atoms with E-state index < -0.39 is 4.92 Å². The van der Waals surface area contributed by atoms with Gasteiger partial charge in [-0.25, -0.2) is 0 Å². The molecule has 0 aliphatic carbocycles. The molecule has 2 atom stereocenters. The summed E-state index contributed by atoms with van der Waals surface area (Å²) in [5.74, 6) is 0.163. The zero-order valence-electron chi connectivity index (χ0n) is 17.8. The molecular weight excluding hydrogens is 424 g/mol. The first-order valence-electron chi connectivity index (χ1n) is 10.5. The number of hydrogen-bond acceptors (Lipinski definition) is 4. The van der Waals surface area contributed by atoms with Crippen LogP contribution in [0.2, 0.25) is 5.02 Å². The number of aromatic amines is 1. The second-order valence-corrected chi connectivity index (χ2v) is 8.75. The van der Waals surface area contributed by atoms with E-state index >= 15 is 0 Å². The maximum Gasteiger partial charge on any atom is 0.288 e. The van der Waals surface area contributed by atoms with Crippen molar-refractivity contribution >= 4 is 33.9 Å². The number of rotatable bonds is 4. The number of nitrogens with one attached hydrogen (secondary N) is 2. The van der Waals surface area contributed by atoms with Gasteiger partial charge in [-0.15, -0.1) is 0 Å². The minimum Gasteiger partial charge on any atom is -0.378 e.